The van der Waals surface area contributed by atoms with E-state index in [-0.39, 0.29) is 0 Å². The molecule has 1 heteroatoms. The van der Waals surface area contributed by atoms with Crippen LogP contribution in [0.4, 0.5) is 0 Å². The lowest BCUT2D eigenvalue weighted by atomic mass is 10.3. The first-order chi connectivity index (χ1) is 4.48. The topological polar surface area (TPSA) is 0 Å². The molecule has 10 heavy (non-hydrogen) atoms. The fourth-order valence-corrected chi connectivity index (χ4v) is 1.03. The molecule has 0 aliphatic heterocycles. The lowest BCUT2D eigenvalue weighted by Crippen LogP contribution is -2.40. The first kappa shape index (κ1) is 9.26. The van der Waals surface area contributed by atoms with Crippen molar-refractivity contribution >= 4 is 0 Å². The molecule has 0 saturated carbocycles. The van der Waals surface area contributed by atoms with Crippen LogP contribution in [0.15, 0.2) is 12.2 Å². The number of rotatable bonds is 3. The van der Waals surface area contributed by atoms with E-state index in [4.69, 9.17) is 6.42 Å². The Morgan fingerprint density at radius 2 is 2.10 bits per heavy atom. The molecule has 0 atom stereocenters. The van der Waals surface area contributed by atoms with E-state index in [0.29, 0.717) is 0 Å². The summed E-state index contributed by atoms with van der Waals surface area (Å²) in [5, 5.41) is 0. The molecule has 0 rings (SSSR count). The Hall–Kier alpha value is -0.740. The standard InChI is InChI=1S/C9H16N/c1-6-7-10(4,5)8-9(2)3/h1H,2,7-8H2,3-5H3/q+1. The highest BCUT2D eigenvalue weighted by Gasteiger charge is 2.11. The van der Waals surface area contributed by atoms with Crippen LogP contribution in [-0.4, -0.2) is 31.7 Å². The molecule has 0 aliphatic carbocycles. The minimum absolute atomic E-state index is 0.771. The molecule has 0 aromatic heterocycles. The van der Waals surface area contributed by atoms with Gasteiger partial charge in [-0.3, -0.25) is 0 Å². The molecule has 1 nitrogen and oxygen atoms in total. The van der Waals surface area contributed by atoms with Crippen molar-refractivity contribution in [1.29, 1.82) is 0 Å². The zero-order valence-corrected chi connectivity index (χ0v) is 7.15. The normalized spacial score (nSPS) is 10.6. The molecule has 0 amide bonds. The van der Waals surface area contributed by atoms with Crippen molar-refractivity contribution < 1.29 is 4.48 Å². The third-order valence-electron chi connectivity index (χ3n) is 1.22. The third-order valence-corrected chi connectivity index (χ3v) is 1.22. The van der Waals surface area contributed by atoms with Gasteiger partial charge in [0.25, 0.3) is 0 Å². The van der Waals surface area contributed by atoms with Gasteiger partial charge in [0.15, 0.2) is 0 Å². The predicted molar refractivity (Wildman–Crippen MR) is 45.5 cm³/mol. The quantitative estimate of drug-likeness (QED) is 0.313. The van der Waals surface area contributed by atoms with Crippen molar-refractivity contribution in [1.82, 2.24) is 0 Å². The van der Waals surface area contributed by atoms with Crippen LogP contribution in [0.25, 0.3) is 0 Å². The van der Waals surface area contributed by atoms with E-state index in [0.717, 1.165) is 17.6 Å². The first-order valence-corrected chi connectivity index (χ1v) is 3.38. The van der Waals surface area contributed by atoms with Gasteiger partial charge in [-0.25, -0.2) is 0 Å². The summed E-state index contributed by atoms with van der Waals surface area (Å²) in [6.07, 6.45) is 5.20. The maximum Gasteiger partial charge on any atom is 0.140 e. The molecule has 0 fully saturated rings. The van der Waals surface area contributed by atoms with Gasteiger partial charge in [0.05, 0.1) is 14.1 Å². The molecule has 0 aliphatic rings. The van der Waals surface area contributed by atoms with E-state index in [9.17, 15) is 0 Å². The SMILES string of the molecule is C#CC[N+](C)(C)CC(=C)C. The molecule has 0 aromatic rings. The van der Waals surface area contributed by atoms with Gasteiger partial charge in [-0.15, -0.1) is 6.42 Å². The number of hydrogen-bond donors (Lipinski definition) is 0. The van der Waals surface area contributed by atoms with Gasteiger partial charge < -0.3 is 4.48 Å². The fourth-order valence-electron chi connectivity index (χ4n) is 1.03. The van der Waals surface area contributed by atoms with Crippen molar-refractivity contribution in [3.05, 3.63) is 12.2 Å². The zero-order valence-electron chi connectivity index (χ0n) is 7.15. The van der Waals surface area contributed by atoms with Crippen molar-refractivity contribution in [2.45, 2.75) is 6.92 Å². The van der Waals surface area contributed by atoms with Crippen molar-refractivity contribution in [3.63, 3.8) is 0 Å². The highest BCUT2D eigenvalue weighted by Crippen LogP contribution is 2.00. The van der Waals surface area contributed by atoms with Gasteiger partial charge in [-0.1, -0.05) is 6.58 Å². The highest BCUT2D eigenvalue weighted by molar-refractivity contribution is 4.90. The number of nitrogens with zero attached hydrogens (tertiary/aromatic N) is 1. The Labute approximate surface area is 63.9 Å². The maximum atomic E-state index is 5.20. The van der Waals surface area contributed by atoms with Gasteiger partial charge in [-0.2, -0.15) is 0 Å². The number of likely N-dealkylation sites (N-methyl/N-ethyl adjacent to an activating group) is 1. The third kappa shape index (κ3) is 4.17. The number of hydrogen-bond acceptors (Lipinski definition) is 0. The lowest BCUT2D eigenvalue weighted by Gasteiger charge is -2.27. The van der Waals surface area contributed by atoms with Crippen LogP contribution in [0.1, 0.15) is 6.92 Å². The molecule has 0 radical (unpaired) electrons. The molecule has 56 valence electrons. The number of terminal acetylenes is 1. The van der Waals surface area contributed by atoms with Crippen LogP contribution >= 0.6 is 0 Å². The van der Waals surface area contributed by atoms with E-state index >= 15 is 0 Å². The zero-order chi connectivity index (χ0) is 8.20. The molecule has 0 aromatic carbocycles. The second-order valence-corrected chi connectivity index (χ2v) is 3.41. The molecule has 0 spiro atoms. The van der Waals surface area contributed by atoms with Gasteiger partial charge in [0.2, 0.25) is 0 Å². The highest BCUT2D eigenvalue weighted by atomic mass is 15.3. The van der Waals surface area contributed by atoms with E-state index in [2.05, 4.69) is 26.6 Å². The summed E-state index contributed by atoms with van der Waals surface area (Å²) in [6.45, 7) is 7.60. The molecular formula is C9H16N+. The minimum Gasteiger partial charge on any atom is -0.315 e. The van der Waals surface area contributed by atoms with Crippen molar-refractivity contribution in [2.24, 2.45) is 0 Å². The summed E-state index contributed by atoms with van der Waals surface area (Å²) >= 11 is 0. The summed E-state index contributed by atoms with van der Waals surface area (Å²) in [5.74, 6) is 2.64. The fraction of sp³-hybridized carbons (Fsp3) is 0.556. The van der Waals surface area contributed by atoms with Crippen LogP contribution in [0, 0.1) is 12.3 Å². The monoisotopic (exact) mass is 138 g/mol. The molecular weight excluding hydrogens is 122 g/mol. The average molecular weight is 138 g/mol. The van der Waals surface area contributed by atoms with E-state index in [1.165, 1.54) is 5.57 Å². The molecule has 0 saturated heterocycles. The minimum atomic E-state index is 0.771. The summed E-state index contributed by atoms with van der Waals surface area (Å²) in [6, 6.07) is 0. The van der Waals surface area contributed by atoms with Gasteiger partial charge in [-0.05, 0) is 18.4 Å². The second kappa shape index (κ2) is 3.43. The van der Waals surface area contributed by atoms with E-state index < -0.39 is 0 Å². The van der Waals surface area contributed by atoms with E-state index in [1.807, 2.05) is 6.92 Å². The average Bonchev–Trinajstić information content (AvgIpc) is 1.59. The van der Waals surface area contributed by atoms with Crippen LogP contribution in [0.3, 0.4) is 0 Å². The van der Waals surface area contributed by atoms with Gasteiger partial charge in [0, 0.05) is 0 Å². The largest absolute Gasteiger partial charge is 0.315 e. The van der Waals surface area contributed by atoms with Gasteiger partial charge >= 0.3 is 0 Å². The second-order valence-electron chi connectivity index (χ2n) is 3.41. The Bertz CT molecular complexity index is 160. The van der Waals surface area contributed by atoms with Crippen LogP contribution in [0.2, 0.25) is 0 Å². The first-order valence-electron chi connectivity index (χ1n) is 3.38. The van der Waals surface area contributed by atoms with Crippen molar-refractivity contribution in [3.8, 4) is 12.3 Å². The van der Waals surface area contributed by atoms with Crippen LogP contribution in [-0.2, 0) is 0 Å². The predicted octanol–water partition coefficient (Wildman–Crippen LogP) is 1.27. The van der Waals surface area contributed by atoms with E-state index in [1.54, 1.807) is 0 Å². The number of quaternary nitrogens is 1. The van der Waals surface area contributed by atoms with Gasteiger partial charge in [0.1, 0.15) is 13.1 Å². The Morgan fingerprint density at radius 1 is 1.60 bits per heavy atom. The van der Waals surface area contributed by atoms with Crippen molar-refractivity contribution in [2.75, 3.05) is 27.2 Å². The maximum absolute atomic E-state index is 5.20. The molecule has 0 heterocycles. The Balaban J connectivity index is 3.89. The lowest BCUT2D eigenvalue weighted by molar-refractivity contribution is -0.878. The Morgan fingerprint density at radius 3 is 2.40 bits per heavy atom. The molecule has 0 bridgehead atoms. The van der Waals surface area contributed by atoms with Crippen LogP contribution < -0.4 is 0 Å². The summed E-state index contributed by atoms with van der Waals surface area (Å²) in [7, 11) is 4.21. The van der Waals surface area contributed by atoms with Crippen LogP contribution in [0.5, 0.6) is 0 Å². The Kier molecular flexibility index (Phi) is 3.18. The summed E-state index contributed by atoms with van der Waals surface area (Å²) in [5.41, 5.74) is 1.18. The molecule has 0 N–H and O–H groups in total. The summed E-state index contributed by atoms with van der Waals surface area (Å²) in [4.78, 5) is 0. The smallest absolute Gasteiger partial charge is 0.140 e. The molecule has 0 unspecified atom stereocenters. The summed E-state index contributed by atoms with van der Waals surface area (Å²) < 4.78 is 0.839.